The summed E-state index contributed by atoms with van der Waals surface area (Å²) in [5, 5.41) is 15.7. The molecule has 0 fully saturated rings. The van der Waals surface area contributed by atoms with Gasteiger partial charge in [-0.25, -0.2) is 0 Å². The Morgan fingerprint density at radius 3 is 2.81 bits per heavy atom. The predicted molar refractivity (Wildman–Crippen MR) is 57.6 cm³/mol. The molecule has 2 heterocycles. The molecule has 0 N–H and O–H groups in total. The zero-order chi connectivity index (χ0) is 11.0. The Bertz CT molecular complexity index is 789. The molecule has 0 saturated heterocycles. The quantitative estimate of drug-likeness (QED) is 0.374. The summed E-state index contributed by atoms with van der Waals surface area (Å²) >= 11 is 0. The van der Waals surface area contributed by atoms with Crippen molar-refractivity contribution < 1.29 is 4.52 Å². The van der Waals surface area contributed by atoms with E-state index in [2.05, 4.69) is 11.0 Å². The molecule has 3 aromatic rings. The van der Waals surface area contributed by atoms with Crippen LogP contribution in [0.4, 0.5) is 0 Å². The van der Waals surface area contributed by atoms with Crippen molar-refractivity contribution in [1.29, 1.82) is 0 Å². The molecule has 4 heteroatoms. The lowest BCUT2D eigenvalue weighted by Gasteiger charge is -1.84. The fraction of sp³-hybridized carbons (Fsp3) is 0. The second-order valence-corrected chi connectivity index (χ2v) is 3.47. The van der Waals surface area contributed by atoms with E-state index < -0.39 is 0 Å². The first-order chi connectivity index (χ1) is 7.88. The first-order valence-electron chi connectivity index (χ1n) is 4.90. The van der Waals surface area contributed by atoms with Gasteiger partial charge in [-0.2, -0.15) is 0 Å². The molecule has 0 atom stereocenters. The lowest BCUT2D eigenvalue weighted by atomic mass is 10.2. The van der Waals surface area contributed by atoms with Crippen LogP contribution in [0.3, 0.4) is 0 Å². The van der Waals surface area contributed by atoms with E-state index in [9.17, 15) is 0 Å². The van der Waals surface area contributed by atoms with E-state index in [0.29, 0.717) is 5.22 Å². The van der Waals surface area contributed by atoms with Crippen molar-refractivity contribution in [2.75, 3.05) is 0 Å². The van der Waals surface area contributed by atoms with E-state index in [1.54, 1.807) is 10.8 Å². The average molecular weight is 208 g/mol. The number of fused-ring (bicyclic) bond motifs is 1. The Kier molecular flexibility index (Phi) is 1.82. The van der Waals surface area contributed by atoms with Crippen molar-refractivity contribution >= 4 is 5.87 Å². The van der Waals surface area contributed by atoms with Gasteiger partial charge in [0.05, 0.1) is 6.20 Å². The Balaban J connectivity index is 2.51. The molecule has 0 spiro atoms. The Morgan fingerprint density at radius 2 is 2.06 bits per heavy atom. The highest BCUT2D eigenvalue weighted by molar-refractivity contribution is 5.54. The van der Waals surface area contributed by atoms with Crippen LogP contribution in [0.25, 0.3) is 5.41 Å². The van der Waals surface area contributed by atoms with E-state index in [1.807, 2.05) is 47.2 Å². The van der Waals surface area contributed by atoms with Gasteiger partial charge in [-0.3, -0.25) is 5.87 Å². The van der Waals surface area contributed by atoms with E-state index in [0.717, 1.165) is 10.6 Å². The molecule has 0 aliphatic heterocycles. The highest BCUT2D eigenvalue weighted by Crippen LogP contribution is 1.89. The van der Waals surface area contributed by atoms with Crippen molar-refractivity contribution in [2.24, 2.45) is 0 Å². The Morgan fingerprint density at radius 1 is 1.25 bits per heavy atom. The summed E-state index contributed by atoms with van der Waals surface area (Å²) in [5.41, 5.74) is 0. The minimum atomic E-state index is 0.666. The van der Waals surface area contributed by atoms with Gasteiger partial charge in [0, 0.05) is 16.4 Å². The van der Waals surface area contributed by atoms with Gasteiger partial charge in [0.15, 0.2) is 0 Å². The maximum atomic E-state index is 8.73. The van der Waals surface area contributed by atoms with Crippen molar-refractivity contribution in [1.82, 2.24) is 9.73 Å². The van der Waals surface area contributed by atoms with Gasteiger partial charge in [0.1, 0.15) is 6.20 Å². The van der Waals surface area contributed by atoms with Crippen LogP contribution in [-0.4, -0.2) is 15.6 Å². The predicted octanol–water partition coefficient (Wildman–Crippen LogP) is -0.164. The van der Waals surface area contributed by atoms with Crippen LogP contribution in [0.1, 0.15) is 0 Å². The summed E-state index contributed by atoms with van der Waals surface area (Å²) in [6.45, 7) is 0. The normalized spacial score (nSPS) is 10.5. The fourth-order valence-corrected chi connectivity index (χ4v) is 1.72. The third-order valence-electron chi connectivity index (χ3n) is 2.52. The van der Waals surface area contributed by atoms with Crippen LogP contribution in [0, 0.1) is 10.6 Å². The van der Waals surface area contributed by atoms with Gasteiger partial charge >= 0.3 is 0 Å². The van der Waals surface area contributed by atoms with E-state index >= 15 is 0 Å². The monoisotopic (exact) mass is 208 g/mol. The van der Waals surface area contributed by atoms with Gasteiger partial charge in [-0.15, -0.1) is 4.52 Å². The van der Waals surface area contributed by atoms with E-state index in [4.69, 9.17) is 5.41 Å². The lowest BCUT2D eigenvalue weighted by Crippen LogP contribution is -2.25. The number of hydrogen-bond acceptors (Lipinski definition) is 1. The molecule has 4 nitrogen and oxygen atoms in total. The first-order valence-corrected chi connectivity index (χ1v) is 4.90. The molecule has 2 aromatic heterocycles. The molecule has 3 rings (SSSR count). The van der Waals surface area contributed by atoms with E-state index in [-0.39, 0.29) is 0 Å². The van der Waals surface area contributed by atoms with Gasteiger partial charge in [-0.05, 0) is 34.1 Å². The summed E-state index contributed by atoms with van der Waals surface area (Å²) in [5.74, 6) is 2.10. The summed E-state index contributed by atoms with van der Waals surface area (Å²) in [4.78, 5) is 0. The van der Waals surface area contributed by atoms with Crippen molar-refractivity contribution in [3.8, 4) is 0 Å². The molecule has 0 amide bonds. The van der Waals surface area contributed by atoms with Crippen molar-refractivity contribution in [3.63, 3.8) is 0 Å². The number of rotatable bonds is 0. The zero-order valence-corrected chi connectivity index (χ0v) is 8.41. The van der Waals surface area contributed by atoms with Gasteiger partial charge in [-0.1, -0.05) is 0 Å². The first kappa shape index (κ1) is 8.83. The fourth-order valence-electron chi connectivity index (χ4n) is 1.72. The van der Waals surface area contributed by atoms with Gasteiger partial charge in [0.2, 0.25) is 11.5 Å². The Labute approximate surface area is 90.9 Å². The highest BCUT2D eigenvalue weighted by atomic mass is 15.5. The molecule has 16 heavy (non-hydrogen) atoms. The summed E-state index contributed by atoms with van der Waals surface area (Å²) < 4.78 is 3.70. The number of hydrogen-bond donors (Lipinski definition) is 0. The van der Waals surface area contributed by atoms with Gasteiger partial charge < -0.3 is 5.41 Å². The van der Waals surface area contributed by atoms with Crippen LogP contribution < -0.4 is 9.73 Å². The molecular formula is C12H8N4. The lowest BCUT2D eigenvalue weighted by molar-refractivity contribution is -0.627. The zero-order valence-electron chi connectivity index (χ0n) is 8.41. The second-order valence-electron chi connectivity index (χ2n) is 3.47. The van der Waals surface area contributed by atoms with Crippen LogP contribution in [0.5, 0.6) is 0 Å². The number of nitrogens with zero attached hydrogens (tertiary/aromatic N) is 4. The minimum Gasteiger partial charge on any atom is -0.763 e. The van der Waals surface area contributed by atoms with Crippen LogP contribution >= 0.6 is 0 Å². The molecular weight excluding hydrogens is 200 g/mol. The van der Waals surface area contributed by atoms with Gasteiger partial charge in [0.25, 0.3) is 0 Å². The maximum absolute atomic E-state index is 8.73. The summed E-state index contributed by atoms with van der Waals surface area (Å²) in [6.07, 6.45) is 5.63. The molecule has 0 saturated carbocycles. The maximum Gasteiger partial charge on any atom is 0.215 e. The minimum absolute atomic E-state index is 0.666. The standard InChI is InChI=1S/C12H8N4/c13-8-10-2-4-11(5-3-10)12-9-14-16-7-1-6-15(12)16/h1-7,9H. The largest absolute Gasteiger partial charge is 0.763 e. The molecule has 0 aliphatic carbocycles. The molecule has 0 bridgehead atoms. The SMILES string of the molecule is [N-]=C=c1ccc(=c2cnn3ccc[n+]23)cc1. The topological polar surface area (TPSA) is 43.7 Å². The average Bonchev–Trinajstić information content (AvgIpc) is 2.91. The van der Waals surface area contributed by atoms with Crippen LogP contribution in [0.2, 0.25) is 0 Å². The number of aromatic nitrogens is 3. The molecule has 76 valence electrons. The summed E-state index contributed by atoms with van der Waals surface area (Å²) in [6, 6.07) is 9.40. The molecule has 1 aromatic carbocycles. The molecule has 0 unspecified atom stereocenters. The Hall–Kier alpha value is -2.45. The molecule has 0 radical (unpaired) electrons. The number of benzene rings is 1. The molecule has 0 aliphatic rings. The van der Waals surface area contributed by atoms with Crippen molar-refractivity contribution in [2.45, 2.75) is 0 Å². The highest BCUT2D eigenvalue weighted by Gasteiger charge is 2.03. The van der Waals surface area contributed by atoms with Crippen LogP contribution in [0.15, 0.2) is 48.9 Å². The van der Waals surface area contributed by atoms with E-state index in [1.165, 1.54) is 0 Å². The van der Waals surface area contributed by atoms with Crippen molar-refractivity contribution in [3.05, 3.63) is 70.1 Å². The third-order valence-corrected chi connectivity index (χ3v) is 2.52. The van der Waals surface area contributed by atoms with Crippen LogP contribution in [-0.2, 0) is 0 Å². The smallest absolute Gasteiger partial charge is 0.215 e. The third kappa shape index (κ3) is 1.21. The second kappa shape index (κ2) is 3.29. The summed E-state index contributed by atoms with van der Waals surface area (Å²) in [7, 11) is 0.